The maximum atomic E-state index is 12.5. The molecular formula is C24H27N5O2S. The summed E-state index contributed by atoms with van der Waals surface area (Å²) in [5.74, 6) is 0.746. The fourth-order valence-electron chi connectivity index (χ4n) is 3.26. The van der Waals surface area contributed by atoms with Gasteiger partial charge in [0.25, 0.3) is 0 Å². The van der Waals surface area contributed by atoms with Gasteiger partial charge in [-0.1, -0.05) is 24.3 Å². The molecule has 166 valence electrons. The molecule has 0 spiro atoms. The van der Waals surface area contributed by atoms with Gasteiger partial charge in [0, 0.05) is 28.0 Å². The lowest BCUT2D eigenvalue weighted by molar-refractivity contribution is 0.0401. The minimum atomic E-state index is -1.55. The Labute approximate surface area is 190 Å². The molecule has 0 saturated heterocycles. The highest BCUT2D eigenvalue weighted by Gasteiger charge is 2.36. The lowest BCUT2D eigenvalue weighted by Gasteiger charge is -2.31. The van der Waals surface area contributed by atoms with E-state index in [1.54, 1.807) is 17.7 Å². The molecule has 4 rings (SSSR count). The van der Waals surface area contributed by atoms with E-state index >= 15 is 0 Å². The molecule has 0 bridgehead atoms. The first-order chi connectivity index (χ1) is 15.0. The number of pyridine rings is 2. The predicted octanol–water partition coefficient (Wildman–Crippen LogP) is 4.01. The molecule has 0 saturated carbocycles. The molecule has 1 unspecified atom stereocenters. The highest BCUT2D eigenvalue weighted by Crippen LogP contribution is 2.27. The standard InChI is InChI=1S/C24H27N5O2S/c1-16-8-6-11-22(26-16)29-20-14-17(12-13-18(20)15-25-29)19-9-7-10-21(27-19)24(5,30)28-32(31)23(2,3)4/h6-15,28,30H,1-5H3/t24-,32?/m0/s1. The maximum Gasteiger partial charge on any atom is 0.197 e. The van der Waals surface area contributed by atoms with Crippen LogP contribution in [0.3, 0.4) is 0 Å². The van der Waals surface area contributed by atoms with Crippen molar-refractivity contribution < 1.29 is 9.66 Å². The Hall–Kier alpha value is -2.78. The van der Waals surface area contributed by atoms with Gasteiger partial charge < -0.3 is 9.66 Å². The zero-order valence-electron chi connectivity index (χ0n) is 18.8. The van der Waals surface area contributed by atoms with Crippen LogP contribution in [0.25, 0.3) is 28.0 Å². The summed E-state index contributed by atoms with van der Waals surface area (Å²) in [5.41, 5.74) is 2.23. The van der Waals surface area contributed by atoms with Crippen LogP contribution in [0.15, 0.2) is 60.8 Å². The first kappa shape index (κ1) is 22.4. The number of nitrogens with one attached hydrogen (secondary N) is 1. The highest BCUT2D eigenvalue weighted by molar-refractivity contribution is 7.90. The molecule has 7 nitrogen and oxygen atoms in total. The Morgan fingerprint density at radius 2 is 1.75 bits per heavy atom. The summed E-state index contributed by atoms with van der Waals surface area (Å²) in [6, 6.07) is 17.2. The number of aromatic nitrogens is 4. The van der Waals surface area contributed by atoms with Crippen molar-refractivity contribution >= 4 is 22.3 Å². The van der Waals surface area contributed by atoms with E-state index in [2.05, 4.69) is 19.8 Å². The molecule has 3 heterocycles. The van der Waals surface area contributed by atoms with E-state index in [0.717, 1.165) is 28.0 Å². The molecule has 0 aliphatic heterocycles. The fourth-order valence-corrected chi connectivity index (χ4v) is 4.03. The quantitative estimate of drug-likeness (QED) is 0.353. The fraction of sp³-hybridized carbons (Fsp3) is 0.292. The van der Waals surface area contributed by atoms with Gasteiger partial charge in [-0.2, -0.15) is 5.10 Å². The van der Waals surface area contributed by atoms with Crippen LogP contribution in [0, 0.1) is 6.92 Å². The van der Waals surface area contributed by atoms with Gasteiger partial charge in [0.05, 0.1) is 23.1 Å². The van der Waals surface area contributed by atoms with E-state index < -0.39 is 21.8 Å². The summed E-state index contributed by atoms with van der Waals surface area (Å²) in [5, 5.41) is 16.5. The summed E-state index contributed by atoms with van der Waals surface area (Å²) in [6.45, 7) is 9.04. The van der Waals surface area contributed by atoms with Gasteiger partial charge in [-0.15, -0.1) is 4.72 Å². The molecular weight excluding hydrogens is 422 g/mol. The Morgan fingerprint density at radius 3 is 2.47 bits per heavy atom. The predicted molar refractivity (Wildman–Crippen MR) is 127 cm³/mol. The number of aryl methyl sites for hydroxylation is 1. The molecule has 2 atom stereocenters. The van der Waals surface area contributed by atoms with Crippen molar-refractivity contribution in [1.82, 2.24) is 24.5 Å². The van der Waals surface area contributed by atoms with Crippen LogP contribution in [0.1, 0.15) is 39.1 Å². The van der Waals surface area contributed by atoms with Gasteiger partial charge in [0.15, 0.2) is 11.5 Å². The maximum absolute atomic E-state index is 12.5. The average Bonchev–Trinajstić information content (AvgIpc) is 3.16. The lowest BCUT2D eigenvalue weighted by atomic mass is 10.1. The summed E-state index contributed by atoms with van der Waals surface area (Å²) >= 11 is -1.46. The molecule has 0 aliphatic carbocycles. The van der Waals surface area contributed by atoms with Crippen molar-refractivity contribution in [3.05, 3.63) is 72.2 Å². The van der Waals surface area contributed by atoms with E-state index in [-0.39, 0.29) is 0 Å². The first-order valence-electron chi connectivity index (χ1n) is 10.4. The molecule has 0 fully saturated rings. The van der Waals surface area contributed by atoms with E-state index in [1.807, 2.05) is 82.4 Å². The van der Waals surface area contributed by atoms with Gasteiger partial charge in [0.1, 0.15) is 4.75 Å². The minimum absolute atomic E-state index is 0.390. The van der Waals surface area contributed by atoms with Crippen LogP contribution in [0.5, 0.6) is 0 Å². The molecule has 0 amide bonds. The number of benzene rings is 1. The zero-order chi connectivity index (χ0) is 23.1. The third kappa shape index (κ3) is 4.54. The molecule has 8 heteroatoms. The molecule has 4 aromatic rings. The summed E-state index contributed by atoms with van der Waals surface area (Å²) < 4.78 is 16.6. The monoisotopic (exact) mass is 449 g/mol. The smallest absolute Gasteiger partial charge is 0.197 e. The zero-order valence-corrected chi connectivity index (χ0v) is 19.6. The Bertz CT molecular complexity index is 1260. The van der Waals surface area contributed by atoms with Crippen LogP contribution >= 0.6 is 0 Å². The van der Waals surface area contributed by atoms with E-state index in [1.165, 1.54) is 0 Å². The summed E-state index contributed by atoms with van der Waals surface area (Å²) in [4.78, 5) is 9.24. The van der Waals surface area contributed by atoms with Crippen molar-refractivity contribution in [1.29, 1.82) is 0 Å². The highest BCUT2D eigenvalue weighted by atomic mass is 32.2. The average molecular weight is 450 g/mol. The van der Waals surface area contributed by atoms with Crippen molar-refractivity contribution in [2.75, 3.05) is 0 Å². The number of rotatable bonds is 5. The minimum Gasteiger partial charge on any atom is -0.598 e. The Kier molecular flexibility index (Phi) is 5.81. The number of nitrogens with zero attached hydrogens (tertiary/aromatic N) is 4. The topological polar surface area (TPSA) is 98.9 Å². The number of aliphatic hydroxyl groups is 1. The number of hydrogen-bond donors (Lipinski definition) is 2. The summed E-state index contributed by atoms with van der Waals surface area (Å²) in [6.07, 6.45) is 1.81. The molecule has 0 aliphatic rings. The van der Waals surface area contributed by atoms with Crippen LogP contribution < -0.4 is 4.72 Å². The van der Waals surface area contributed by atoms with Crippen LogP contribution in [-0.2, 0) is 17.1 Å². The van der Waals surface area contributed by atoms with Gasteiger partial charge in [-0.05, 0) is 65.0 Å². The van der Waals surface area contributed by atoms with Gasteiger partial charge in [0.2, 0.25) is 0 Å². The second-order valence-corrected chi connectivity index (χ2v) is 10.9. The second kappa shape index (κ2) is 8.29. The van der Waals surface area contributed by atoms with Crippen molar-refractivity contribution in [2.24, 2.45) is 0 Å². The number of hydrogen-bond acceptors (Lipinski definition) is 6. The normalized spacial score (nSPS) is 15.0. The van der Waals surface area contributed by atoms with Gasteiger partial charge in [-0.3, -0.25) is 0 Å². The van der Waals surface area contributed by atoms with Crippen molar-refractivity contribution in [3.63, 3.8) is 0 Å². The van der Waals surface area contributed by atoms with Crippen molar-refractivity contribution in [2.45, 2.75) is 45.1 Å². The molecule has 3 aromatic heterocycles. The van der Waals surface area contributed by atoms with Crippen molar-refractivity contribution in [3.8, 4) is 17.1 Å². The van der Waals surface area contributed by atoms with E-state index in [9.17, 15) is 9.66 Å². The third-order valence-electron chi connectivity index (χ3n) is 5.05. The van der Waals surface area contributed by atoms with Crippen LogP contribution in [-0.4, -0.2) is 34.2 Å². The lowest BCUT2D eigenvalue weighted by Crippen LogP contribution is -2.50. The molecule has 2 N–H and O–H groups in total. The Morgan fingerprint density at radius 1 is 1.00 bits per heavy atom. The largest absolute Gasteiger partial charge is 0.598 e. The van der Waals surface area contributed by atoms with E-state index in [0.29, 0.717) is 11.4 Å². The first-order valence-corrected chi connectivity index (χ1v) is 11.5. The second-order valence-electron chi connectivity index (χ2n) is 8.93. The Balaban J connectivity index is 1.72. The van der Waals surface area contributed by atoms with E-state index in [4.69, 9.17) is 0 Å². The molecule has 0 radical (unpaired) electrons. The molecule has 32 heavy (non-hydrogen) atoms. The van der Waals surface area contributed by atoms with Crippen LogP contribution in [0.4, 0.5) is 0 Å². The molecule has 1 aromatic carbocycles. The van der Waals surface area contributed by atoms with Gasteiger partial charge >= 0.3 is 0 Å². The third-order valence-corrected chi connectivity index (χ3v) is 6.75. The van der Waals surface area contributed by atoms with Crippen LogP contribution in [0.2, 0.25) is 0 Å². The SMILES string of the molecule is Cc1cccc(-n2ncc3ccc(-c4cccc([C@](C)(O)N[S+]([O-])C(C)(C)C)n4)cc32)n1. The van der Waals surface area contributed by atoms with Gasteiger partial charge in [-0.25, -0.2) is 14.6 Å². The number of fused-ring (bicyclic) bond motifs is 1. The summed E-state index contributed by atoms with van der Waals surface area (Å²) in [7, 11) is 0.